The number of aromatic nitrogens is 1. The van der Waals surface area contributed by atoms with Crippen molar-refractivity contribution in [1.82, 2.24) is 4.57 Å². The van der Waals surface area contributed by atoms with Gasteiger partial charge < -0.3 is 9.67 Å². The third-order valence-corrected chi connectivity index (χ3v) is 3.63. The smallest absolute Gasteiger partial charge is 0.289 e. The van der Waals surface area contributed by atoms with Crippen molar-refractivity contribution in [1.29, 1.82) is 0 Å². The summed E-state index contributed by atoms with van der Waals surface area (Å²) in [5.74, 6) is 0. The molecule has 0 unspecified atom stereocenters. The molecule has 0 aliphatic heterocycles. The highest BCUT2D eigenvalue weighted by Crippen LogP contribution is 2.22. The number of nitrogens with zero attached hydrogens (tertiary/aromatic N) is 2. The molecule has 0 aliphatic rings. The van der Waals surface area contributed by atoms with E-state index < -0.39 is 4.92 Å². The average molecular weight is 319 g/mol. The van der Waals surface area contributed by atoms with Crippen LogP contribution in [0, 0.1) is 17.0 Å². The number of pyridine rings is 1. The molecule has 0 amide bonds. The highest BCUT2D eigenvalue weighted by Gasteiger charge is 2.18. The molecule has 0 spiro atoms. The van der Waals surface area contributed by atoms with E-state index >= 15 is 0 Å². The van der Waals surface area contributed by atoms with E-state index in [2.05, 4.69) is 15.9 Å². The molecule has 18 heavy (non-hydrogen) atoms. The highest BCUT2D eigenvalue weighted by molar-refractivity contribution is 9.10. The van der Waals surface area contributed by atoms with Crippen LogP contribution in [-0.4, -0.2) is 21.2 Å². The zero-order valence-electron chi connectivity index (χ0n) is 10.1. The number of nitro groups is 1. The third-order valence-electron chi connectivity index (χ3n) is 2.69. The third kappa shape index (κ3) is 3.39. The normalized spacial score (nSPS) is 10.6. The van der Waals surface area contributed by atoms with Gasteiger partial charge in [0.2, 0.25) is 0 Å². The standard InChI is InChI=1S/C11H15BrN2O4/c1-8-9(14(17)18)7-13(11(16)10(8)12)5-3-2-4-6-15/h7,15H,2-6H2,1H3. The van der Waals surface area contributed by atoms with Gasteiger partial charge >= 0.3 is 0 Å². The fraction of sp³-hybridized carbons (Fsp3) is 0.545. The Morgan fingerprint density at radius 1 is 1.44 bits per heavy atom. The summed E-state index contributed by atoms with van der Waals surface area (Å²) in [4.78, 5) is 22.2. The lowest BCUT2D eigenvalue weighted by atomic mass is 10.2. The van der Waals surface area contributed by atoms with E-state index in [1.54, 1.807) is 6.92 Å². The second-order valence-corrected chi connectivity index (χ2v) is 4.79. The van der Waals surface area contributed by atoms with E-state index in [-0.39, 0.29) is 22.3 Å². The number of rotatable bonds is 6. The predicted molar refractivity (Wildman–Crippen MR) is 70.7 cm³/mol. The molecule has 0 bridgehead atoms. The van der Waals surface area contributed by atoms with Gasteiger partial charge in [-0.05, 0) is 42.1 Å². The van der Waals surface area contributed by atoms with Crippen molar-refractivity contribution >= 4 is 21.6 Å². The second-order valence-electron chi connectivity index (χ2n) is 3.99. The van der Waals surface area contributed by atoms with Gasteiger partial charge in [-0.15, -0.1) is 0 Å². The molecular formula is C11H15BrN2O4. The average Bonchev–Trinajstić information content (AvgIpc) is 2.33. The molecule has 1 rings (SSSR count). The molecule has 0 radical (unpaired) electrons. The minimum atomic E-state index is -0.496. The molecule has 1 heterocycles. The fourth-order valence-electron chi connectivity index (χ4n) is 1.62. The van der Waals surface area contributed by atoms with E-state index in [9.17, 15) is 14.9 Å². The topological polar surface area (TPSA) is 85.4 Å². The van der Waals surface area contributed by atoms with Crippen molar-refractivity contribution in [3.63, 3.8) is 0 Å². The van der Waals surface area contributed by atoms with Gasteiger partial charge in [-0.2, -0.15) is 0 Å². The lowest BCUT2D eigenvalue weighted by Crippen LogP contribution is -2.22. The Morgan fingerprint density at radius 2 is 2.11 bits per heavy atom. The van der Waals surface area contributed by atoms with Gasteiger partial charge in [-0.1, -0.05) is 0 Å². The van der Waals surface area contributed by atoms with Gasteiger partial charge in [0.05, 0.1) is 15.6 Å². The van der Waals surface area contributed by atoms with E-state index in [1.807, 2.05) is 0 Å². The van der Waals surface area contributed by atoms with Gasteiger partial charge in [0.25, 0.3) is 11.2 Å². The van der Waals surface area contributed by atoms with E-state index in [4.69, 9.17) is 5.11 Å². The quantitative estimate of drug-likeness (QED) is 0.493. The number of unbranched alkanes of at least 4 members (excludes halogenated alkanes) is 2. The first-order valence-corrected chi connectivity index (χ1v) is 6.43. The number of aryl methyl sites for hydroxylation is 1. The lowest BCUT2D eigenvalue weighted by Gasteiger charge is -2.08. The Hall–Kier alpha value is -1.21. The van der Waals surface area contributed by atoms with Crippen molar-refractivity contribution in [3.8, 4) is 0 Å². The molecule has 0 saturated heterocycles. The number of halogens is 1. The summed E-state index contributed by atoms with van der Waals surface area (Å²) in [5.41, 5.74) is 0.0161. The SMILES string of the molecule is Cc1c([N+](=O)[O-])cn(CCCCCO)c(=O)c1Br. The summed E-state index contributed by atoms with van der Waals surface area (Å²) in [5, 5.41) is 19.5. The number of hydrogen-bond acceptors (Lipinski definition) is 4. The maximum atomic E-state index is 11.9. The van der Waals surface area contributed by atoms with Crippen LogP contribution in [0.3, 0.4) is 0 Å². The molecule has 100 valence electrons. The van der Waals surface area contributed by atoms with Crippen LogP contribution in [0.1, 0.15) is 24.8 Å². The van der Waals surface area contributed by atoms with Crippen molar-refractivity contribution in [2.45, 2.75) is 32.7 Å². The van der Waals surface area contributed by atoms with Crippen molar-refractivity contribution in [2.24, 2.45) is 0 Å². The van der Waals surface area contributed by atoms with E-state index in [0.29, 0.717) is 24.9 Å². The van der Waals surface area contributed by atoms with E-state index in [1.165, 1.54) is 10.8 Å². The maximum absolute atomic E-state index is 11.9. The molecule has 0 atom stereocenters. The predicted octanol–water partition coefficient (Wildman–Crippen LogP) is 1.99. The van der Waals surface area contributed by atoms with Crippen LogP contribution in [0.5, 0.6) is 0 Å². The van der Waals surface area contributed by atoms with Crippen LogP contribution < -0.4 is 5.56 Å². The largest absolute Gasteiger partial charge is 0.396 e. The minimum Gasteiger partial charge on any atom is -0.396 e. The molecule has 1 aromatic rings. The van der Waals surface area contributed by atoms with Crippen molar-refractivity contribution in [2.75, 3.05) is 6.61 Å². The zero-order valence-corrected chi connectivity index (χ0v) is 11.6. The molecule has 0 fully saturated rings. The Balaban J connectivity index is 2.98. The Bertz CT molecular complexity index is 499. The van der Waals surface area contributed by atoms with Crippen LogP contribution in [0.4, 0.5) is 5.69 Å². The monoisotopic (exact) mass is 318 g/mol. The lowest BCUT2D eigenvalue weighted by molar-refractivity contribution is -0.386. The van der Waals surface area contributed by atoms with Gasteiger partial charge in [-0.3, -0.25) is 14.9 Å². The van der Waals surface area contributed by atoms with Crippen LogP contribution in [0.15, 0.2) is 15.5 Å². The summed E-state index contributed by atoms with van der Waals surface area (Å²) >= 11 is 3.09. The Kier molecular flexibility index (Phi) is 5.49. The molecule has 0 aromatic carbocycles. The van der Waals surface area contributed by atoms with Crippen LogP contribution in [0.25, 0.3) is 0 Å². The molecule has 0 aliphatic carbocycles. The summed E-state index contributed by atoms with van der Waals surface area (Å²) in [6, 6.07) is 0. The van der Waals surface area contributed by atoms with Crippen LogP contribution >= 0.6 is 15.9 Å². The summed E-state index contributed by atoms with van der Waals surface area (Å²) < 4.78 is 1.57. The minimum absolute atomic E-state index is 0.0661. The van der Waals surface area contributed by atoms with E-state index in [0.717, 1.165) is 6.42 Å². The Morgan fingerprint density at radius 3 is 2.67 bits per heavy atom. The molecular weight excluding hydrogens is 304 g/mol. The van der Waals surface area contributed by atoms with Crippen molar-refractivity contribution in [3.05, 3.63) is 36.7 Å². The zero-order chi connectivity index (χ0) is 13.7. The highest BCUT2D eigenvalue weighted by atomic mass is 79.9. The first-order valence-electron chi connectivity index (χ1n) is 5.63. The Labute approximate surface area is 113 Å². The summed E-state index contributed by atoms with van der Waals surface area (Å²) in [7, 11) is 0. The first-order chi connectivity index (χ1) is 8.49. The molecule has 1 N–H and O–H groups in total. The first kappa shape index (κ1) is 14.8. The summed E-state index contributed by atoms with van der Waals surface area (Å²) in [6.45, 7) is 2.07. The molecule has 1 aromatic heterocycles. The number of aliphatic hydroxyl groups excluding tert-OH is 1. The van der Waals surface area contributed by atoms with Crippen molar-refractivity contribution < 1.29 is 10.0 Å². The fourth-order valence-corrected chi connectivity index (χ4v) is 2.05. The second kappa shape index (κ2) is 6.65. The molecule has 6 nitrogen and oxygen atoms in total. The number of hydrogen-bond donors (Lipinski definition) is 1. The summed E-state index contributed by atoms with van der Waals surface area (Å²) in [6.07, 6.45) is 3.43. The maximum Gasteiger partial charge on any atom is 0.289 e. The van der Waals surface area contributed by atoms with Gasteiger partial charge in [-0.25, -0.2) is 0 Å². The molecule has 0 saturated carbocycles. The van der Waals surface area contributed by atoms with Crippen LogP contribution in [0.2, 0.25) is 0 Å². The van der Waals surface area contributed by atoms with Crippen LogP contribution in [-0.2, 0) is 6.54 Å². The molecule has 7 heteroatoms. The number of aliphatic hydroxyl groups is 1. The van der Waals surface area contributed by atoms with Gasteiger partial charge in [0.1, 0.15) is 0 Å². The van der Waals surface area contributed by atoms with Gasteiger partial charge in [0, 0.05) is 18.7 Å². The van der Waals surface area contributed by atoms with Gasteiger partial charge in [0.15, 0.2) is 0 Å².